The van der Waals surface area contributed by atoms with E-state index in [1.165, 1.54) is 44.2 Å². The summed E-state index contributed by atoms with van der Waals surface area (Å²) in [6.45, 7) is 2.14. The van der Waals surface area contributed by atoms with Crippen molar-refractivity contribution < 1.29 is 89.6 Å². The molecular formula is C49H41N8Na2O6S3+. The summed E-state index contributed by atoms with van der Waals surface area (Å²) < 4.78 is 74.8. The summed E-state index contributed by atoms with van der Waals surface area (Å²) in [5.41, 5.74) is 20.6. The first-order valence-corrected chi connectivity index (χ1v) is 23.8. The largest absolute Gasteiger partial charge is 1.00 e. The minimum Gasteiger partial charge on any atom is -0.744 e. The maximum absolute atomic E-state index is 11.9. The minimum absolute atomic E-state index is 0. The number of hydrogen-bond donors (Lipinski definition) is 2. The van der Waals surface area contributed by atoms with Gasteiger partial charge in [-0.15, -0.1) is 10.2 Å². The van der Waals surface area contributed by atoms with Crippen LogP contribution in [-0.2, 0) is 27.3 Å². The molecule has 14 nitrogen and oxygen atoms in total. The quantitative estimate of drug-likeness (QED) is 0.0634. The number of benzene rings is 8. The average Bonchev–Trinajstić information content (AvgIpc) is 3.63. The van der Waals surface area contributed by atoms with Gasteiger partial charge in [0, 0.05) is 47.4 Å². The van der Waals surface area contributed by atoms with Crippen LogP contribution in [0.5, 0.6) is 0 Å². The molecule has 0 saturated carbocycles. The van der Waals surface area contributed by atoms with E-state index in [-0.39, 0.29) is 92.6 Å². The number of aromatic nitrogens is 1. The van der Waals surface area contributed by atoms with Crippen molar-refractivity contribution in [2.24, 2.45) is 27.5 Å². The van der Waals surface area contributed by atoms with Crippen LogP contribution in [0.1, 0.15) is 5.56 Å². The molecule has 332 valence electrons. The van der Waals surface area contributed by atoms with Gasteiger partial charge in [-0.25, -0.2) is 16.8 Å². The molecule has 0 unspecified atom stereocenters. The molecule has 0 bridgehead atoms. The van der Waals surface area contributed by atoms with E-state index in [0.29, 0.717) is 22.1 Å². The van der Waals surface area contributed by atoms with Crippen molar-refractivity contribution >= 4 is 103 Å². The number of aryl methyl sites for hydroxylation is 2. The Balaban J connectivity index is 0.000000290. The summed E-state index contributed by atoms with van der Waals surface area (Å²) in [6, 6.07) is 44.5. The van der Waals surface area contributed by atoms with Gasteiger partial charge in [0.05, 0.1) is 38.1 Å². The summed E-state index contributed by atoms with van der Waals surface area (Å²) in [6.07, 6.45) is 0. The van der Waals surface area contributed by atoms with Crippen LogP contribution in [0, 0.1) is 6.92 Å². The fourth-order valence-corrected chi connectivity index (χ4v) is 10.0. The molecule has 0 amide bonds. The predicted molar refractivity (Wildman–Crippen MR) is 260 cm³/mol. The zero-order valence-electron chi connectivity index (χ0n) is 37.9. The van der Waals surface area contributed by atoms with Crippen LogP contribution in [0.3, 0.4) is 0 Å². The van der Waals surface area contributed by atoms with Crippen LogP contribution in [-0.4, -0.2) is 40.0 Å². The third-order valence-corrected chi connectivity index (χ3v) is 13.8. The van der Waals surface area contributed by atoms with Crippen molar-refractivity contribution in [1.82, 2.24) is 0 Å². The SMILES string of the molecule is Cc1ccc2c(c1)sc(-c1ccc(N(C)C)cc1)[n+]2C.Nc1c(N=Nc2ccc(-c3ccc(N=Nc4cc(S(=O)(=O)[O-])c5ccccc5c4N)cc3)cc2)cc(S(=O)(=O)[O-])c2ccccc12.[Na+].[Na+]. The summed E-state index contributed by atoms with van der Waals surface area (Å²) in [7, 11) is -3.29. The maximum atomic E-state index is 11.9. The second-order valence-corrected chi connectivity index (χ2v) is 19.2. The van der Waals surface area contributed by atoms with E-state index in [1.54, 1.807) is 60.7 Å². The Kier molecular flexibility index (Phi) is 16.4. The smallest absolute Gasteiger partial charge is 0.744 e. The number of nitrogen functional groups attached to an aromatic ring is 2. The first-order valence-electron chi connectivity index (χ1n) is 20.2. The van der Waals surface area contributed by atoms with Crippen LogP contribution >= 0.6 is 11.3 Å². The second-order valence-electron chi connectivity index (χ2n) is 15.5. The molecule has 0 saturated heterocycles. The van der Waals surface area contributed by atoms with Crippen molar-refractivity contribution in [1.29, 1.82) is 0 Å². The number of azo groups is 2. The van der Waals surface area contributed by atoms with Crippen molar-refractivity contribution in [2.75, 3.05) is 30.5 Å². The van der Waals surface area contributed by atoms with E-state index < -0.39 is 30.0 Å². The number of hydrogen-bond acceptors (Lipinski definition) is 14. The summed E-state index contributed by atoms with van der Waals surface area (Å²) in [4.78, 5) is 1.27. The molecule has 4 N–H and O–H groups in total. The second kappa shape index (κ2) is 21.5. The van der Waals surface area contributed by atoms with E-state index >= 15 is 0 Å². The number of anilines is 3. The molecule has 0 fully saturated rings. The minimum atomic E-state index is -4.78. The summed E-state index contributed by atoms with van der Waals surface area (Å²) in [5.74, 6) is 0. The Morgan fingerprint density at radius 1 is 0.544 bits per heavy atom. The fraction of sp³-hybridized carbons (Fsp3) is 0.0816. The normalized spacial score (nSPS) is 11.7. The van der Waals surface area contributed by atoms with E-state index in [1.807, 2.05) is 35.6 Å². The standard InChI is InChI=1S/C32H24N6O6S2.C17H19N2S.2Na/c33-31-25-7-3-1-5-23(25)29(45(39,40)41)17-27(31)37-35-21-13-9-19(10-14-21)20-11-15-22(16-12-20)36-38-28-18-30(46(42,43)44)24-6-2-4-8-26(24)32(28)34;1-12-5-10-15-16(11-12)20-17(19(15)4)13-6-8-14(9-7-13)18(2)3;;/h1-18H,33-34H2,(H,39,40,41)(H,42,43,44);5-11H,1-4H3;;/q;3*+1/p-2. The first-order chi connectivity index (χ1) is 31.5. The first kappa shape index (κ1) is 52.0. The van der Waals surface area contributed by atoms with Gasteiger partial charge in [-0.2, -0.15) is 14.8 Å². The van der Waals surface area contributed by atoms with Gasteiger partial charge >= 0.3 is 59.1 Å². The van der Waals surface area contributed by atoms with Crippen LogP contribution in [0.2, 0.25) is 0 Å². The van der Waals surface area contributed by atoms with Gasteiger partial charge < -0.3 is 25.5 Å². The molecule has 68 heavy (non-hydrogen) atoms. The number of rotatable bonds is 9. The molecule has 1 heterocycles. The van der Waals surface area contributed by atoms with Crippen LogP contribution in [0.25, 0.3) is 53.5 Å². The zero-order valence-corrected chi connectivity index (χ0v) is 44.4. The number of thiazole rings is 1. The molecule has 8 aromatic carbocycles. The number of nitrogens with zero attached hydrogens (tertiary/aromatic N) is 6. The summed E-state index contributed by atoms with van der Waals surface area (Å²) in [5, 5.41) is 19.1. The van der Waals surface area contributed by atoms with Gasteiger partial charge in [0.15, 0.2) is 0 Å². The van der Waals surface area contributed by atoms with E-state index in [4.69, 9.17) is 11.5 Å². The number of nitrogens with two attached hydrogens (primary N) is 2. The van der Waals surface area contributed by atoms with Crippen LogP contribution in [0.15, 0.2) is 182 Å². The van der Waals surface area contributed by atoms with Crippen LogP contribution < -0.4 is 80.0 Å². The molecule has 0 aliphatic heterocycles. The van der Waals surface area contributed by atoms with Crippen molar-refractivity contribution in [2.45, 2.75) is 16.7 Å². The van der Waals surface area contributed by atoms with Gasteiger partial charge in [-0.05, 0) is 90.3 Å². The van der Waals surface area contributed by atoms with E-state index in [2.05, 4.69) is 100 Å². The Morgan fingerprint density at radius 2 is 0.956 bits per heavy atom. The van der Waals surface area contributed by atoms with E-state index in [9.17, 15) is 25.9 Å². The molecule has 0 atom stereocenters. The molecule has 9 rings (SSSR count). The zero-order chi connectivity index (χ0) is 46.9. The Morgan fingerprint density at radius 3 is 1.37 bits per heavy atom. The average molecular weight is 980 g/mol. The molecule has 0 aliphatic rings. The molecule has 9 aromatic rings. The molecule has 0 aliphatic carbocycles. The van der Waals surface area contributed by atoms with Crippen molar-refractivity contribution in [3.63, 3.8) is 0 Å². The Labute approximate surface area is 442 Å². The third-order valence-electron chi connectivity index (χ3n) is 10.8. The van der Waals surface area contributed by atoms with E-state index in [0.717, 1.165) is 23.3 Å². The molecule has 1 aromatic heterocycles. The van der Waals surface area contributed by atoms with Crippen molar-refractivity contribution in [3.8, 4) is 21.7 Å². The fourth-order valence-electron chi connectivity index (χ4n) is 7.36. The third kappa shape index (κ3) is 11.4. The molecular weight excluding hydrogens is 939 g/mol. The maximum Gasteiger partial charge on any atom is 1.00 e. The van der Waals surface area contributed by atoms with Gasteiger partial charge in [0.2, 0.25) is 5.52 Å². The van der Waals surface area contributed by atoms with Gasteiger partial charge in [-0.1, -0.05) is 90.2 Å². The number of fused-ring (bicyclic) bond motifs is 3. The molecule has 0 radical (unpaired) electrons. The monoisotopic (exact) mass is 979 g/mol. The topological polar surface area (TPSA) is 223 Å². The van der Waals surface area contributed by atoms with Crippen molar-refractivity contribution in [3.05, 3.63) is 157 Å². The Bertz CT molecular complexity index is 3440. The van der Waals surface area contributed by atoms with Crippen LogP contribution in [0.4, 0.5) is 39.8 Å². The molecule has 0 spiro atoms. The van der Waals surface area contributed by atoms with Gasteiger partial charge in [0.25, 0.3) is 5.01 Å². The van der Waals surface area contributed by atoms with Gasteiger partial charge in [0.1, 0.15) is 43.4 Å². The Hall–Kier alpha value is -5.41. The van der Waals surface area contributed by atoms with Gasteiger partial charge in [-0.3, -0.25) is 0 Å². The molecule has 19 heteroatoms. The summed E-state index contributed by atoms with van der Waals surface area (Å²) >= 11 is 1.85. The predicted octanol–water partition coefficient (Wildman–Crippen LogP) is 5.24.